The first-order chi connectivity index (χ1) is 14.1. The fourth-order valence-corrected chi connectivity index (χ4v) is 4.81. The third-order valence-electron chi connectivity index (χ3n) is 5.29. The minimum absolute atomic E-state index is 0.0768. The van der Waals surface area contributed by atoms with Crippen LogP contribution in [0.1, 0.15) is 22.8 Å². The number of rotatable bonds is 6. The van der Waals surface area contributed by atoms with Crippen molar-refractivity contribution in [1.82, 2.24) is 15.2 Å². The number of aryl methyl sites for hydroxylation is 1. The molecule has 5 nitrogen and oxygen atoms in total. The Hall–Kier alpha value is -2.15. The number of fused-ring (bicyclic) bond motifs is 1. The van der Waals surface area contributed by atoms with Gasteiger partial charge in [0.15, 0.2) is 5.13 Å². The molecule has 1 aromatic heterocycles. The summed E-state index contributed by atoms with van der Waals surface area (Å²) in [6.45, 7) is 7.53. The van der Waals surface area contributed by atoms with Crippen molar-refractivity contribution >= 4 is 44.2 Å². The van der Waals surface area contributed by atoms with Crippen LogP contribution >= 0.6 is 22.9 Å². The summed E-state index contributed by atoms with van der Waals surface area (Å²) in [6.07, 6.45) is 1.05. The quantitative estimate of drug-likeness (QED) is 0.643. The van der Waals surface area contributed by atoms with E-state index in [-0.39, 0.29) is 5.91 Å². The predicted molar refractivity (Wildman–Crippen MR) is 121 cm³/mol. The molecule has 1 aliphatic heterocycles. The van der Waals surface area contributed by atoms with Gasteiger partial charge in [0, 0.05) is 49.9 Å². The molecule has 0 radical (unpaired) electrons. The van der Waals surface area contributed by atoms with Gasteiger partial charge in [-0.15, -0.1) is 0 Å². The third kappa shape index (κ3) is 4.89. The van der Waals surface area contributed by atoms with E-state index in [1.54, 1.807) is 35.6 Å². The molecule has 0 unspecified atom stereocenters. The molecule has 1 aliphatic rings. The minimum Gasteiger partial charge on any atom is -0.351 e. The fourth-order valence-electron chi connectivity index (χ4n) is 3.53. The number of aromatic nitrogens is 1. The zero-order valence-electron chi connectivity index (χ0n) is 16.5. The highest BCUT2D eigenvalue weighted by molar-refractivity contribution is 7.22. The highest BCUT2D eigenvalue weighted by Crippen LogP contribution is 2.30. The zero-order chi connectivity index (χ0) is 20.2. The summed E-state index contributed by atoms with van der Waals surface area (Å²) in [5.41, 5.74) is 3.05. The van der Waals surface area contributed by atoms with Crippen LogP contribution in [0.2, 0.25) is 5.02 Å². The summed E-state index contributed by atoms with van der Waals surface area (Å²) in [7, 11) is 0. The van der Waals surface area contributed by atoms with Crippen molar-refractivity contribution < 1.29 is 4.79 Å². The molecule has 1 N–H and O–H groups in total. The average molecular weight is 429 g/mol. The van der Waals surface area contributed by atoms with E-state index in [1.807, 2.05) is 0 Å². The standard InChI is InChI=1S/C22H25ClN4OS/c1-2-16-6-7-19-20(14-16)29-22(25-19)27-12-10-26(11-13-27)9-8-24-21(28)17-4-3-5-18(23)15-17/h3-7,14-15H,2,8-13H2,1H3,(H,24,28). The number of nitrogens with zero attached hydrogens (tertiary/aromatic N) is 3. The summed E-state index contributed by atoms with van der Waals surface area (Å²) in [5.74, 6) is -0.0768. The normalized spacial score (nSPS) is 15.0. The number of hydrogen-bond donors (Lipinski definition) is 1. The van der Waals surface area contributed by atoms with E-state index >= 15 is 0 Å². The maximum Gasteiger partial charge on any atom is 0.251 e. The van der Waals surface area contributed by atoms with Gasteiger partial charge in [0.25, 0.3) is 5.91 Å². The van der Waals surface area contributed by atoms with Crippen LogP contribution in [0.25, 0.3) is 10.2 Å². The van der Waals surface area contributed by atoms with Crippen LogP contribution in [0.4, 0.5) is 5.13 Å². The van der Waals surface area contributed by atoms with Gasteiger partial charge in [-0.05, 0) is 42.3 Å². The van der Waals surface area contributed by atoms with Gasteiger partial charge in [-0.2, -0.15) is 0 Å². The van der Waals surface area contributed by atoms with Crippen molar-refractivity contribution in [2.75, 3.05) is 44.2 Å². The molecular weight excluding hydrogens is 404 g/mol. The van der Waals surface area contributed by atoms with Gasteiger partial charge in [-0.25, -0.2) is 4.98 Å². The molecule has 0 saturated carbocycles. The Labute approximate surface area is 180 Å². The van der Waals surface area contributed by atoms with Crippen LogP contribution in [0, 0.1) is 0 Å². The van der Waals surface area contributed by atoms with Gasteiger partial charge in [0.05, 0.1) is 10.2 Å². The summed E-state index contributed by atoms with van der Waals surface area (Å²) in [5, 5.41) is 4.67. The maximum absolute atomic E-state index is 12.2. The average Bonchev–Trinajstić information content (AvgIpc) is 3.17. The van der Waals surface area contributed by atoms with Gasteiger partial charge in [-0.3, -0.25) is 9.69 Å². The van der Waals surface area contributed by atoms with Gasteiger partial charge in [-0.1, -0.05) is 42.0 Å². The Morgan fingerprint density at radius 2 is 2.00 bits per heavy atom. The van der Waals surface area contributed by atoms with E-state index in [1.165, 1.54) is 10.3 Å². The fraction of sp³-hybridized carbons (Fsp3) is 0.364. The number of thiazole rings is 1. The van der Waals surface area contributed by atoms with E-state index in [2.05, 4.69) is 40.2 Å². The molecule has 0 spiro atoms. The minimum atomic E-state index is -0.0768. The van der Waals surface area contributed by atoms with E-state index in [0.29, 0.717) is 17.1 Å². The van der Waals surface area contributed by atoms with Crippen LogP contribution in [0.15, 0.2) is 42.5 Å². The summed E-state index contributed by atoms with van der Waals surface area (Å²) in [6, 6.07) is 13.6. The lowest BCUT2D eigenvalue weighted by Gasteiger charge is -2.34. The van der Waals surface area contributed by atoms with Crippen molar-refractivity contribution in [2.45, 2.75) is 13.3 Å². The van der Waals surface area contributed by atoms with Crippen LogP contribution in [-0.2, 0) is 6.42 Å². The summed E-state index contributed by atoms with van der Waals surface area (Å²) in [4.78, 5) is 21.8. The lowest BCUT2D eigenvalue weighted by atomic mass is 10.2. The van der Waals surface area contributed by atoms with E-state index < -0.39 is 0 Å². The second-order valence-electron chi connectivity index (χ2n) is 7.25. The molecule has 1 fully saturated rings. The number of carbonyl (C=O) groups is 1. The van der Waals surface area contributed by atoms with Crippen LogP contribution in [-0.4, -0.2) is 55.1 Å². The van der Waals surface area contributed by atoms with Crippen LogP contribution < -0.4 is 10.2 Å². The molecule has 7 heteroatoms. The molecule has 0 bridgehead atoms. The third-order valence-corrected chi connectivity index (χ3v) is 6.61. The number of benzene rings is 2. The lowest BCUT2D eigenvalue weighted by molar-refractivity contribution is 0.0948. The number of hydrogen-bond acceptors (Lipinski definition) is 5. The largest absolute Gasteiger partial charge is 0.351 e. The van der Waals surface area contributed by atoms with Gasteiger partial charge < -0.3 is 10.2 Å². The number of nitrogens with one attached hydrogen (secondary N) is 1. The monoisotopic (exact) mass is 428 g/mol. The smallest absolute Gasteiger partial charge is 0.251 e. The first kappa shape index (κ1) is 20.1. The Kier molecular flexibility index (Phi) is 6.33. The number of carbonyl (C=O) groups excluding carboxylic acids is 1. The van der Waals surface area contributed by atoms with Crippen molar-refractivity contribution in [3.8, 4) is 0 Å². The molecule has 29 heavy (non-hydrogen) atoms. The van der Waals surface area contributed by atoms with Crippen LogP contribution in [0.3, 0.4) is 0 Å². The Balaban J connectivity index is 1.26. The molecular formula is C22H25ClN4OS. The van der Waals surface area contributed by atoms with Crippen LogP contribution in [0.5, 0.6) is 0 Å². The number of halogens is 1. The lowest BCUT2D eigenvalue weighted by Crippen LogP contribution is -2.48. The first-order valence-corrected chi connectivity index (χ1v) is 11.2. The van der Waals surface area contributed by atoms with E-state index in [0.717, 1.165) is 49.8 Å². The van der Waals surface area contributed by atoms with E-state index in [4.69, 9.17) is 16.6 Å². The summed E-state index contributed by atoms with van der Waals surface area (Å²) >= 11 is 7.74. The van der Waals surface area contributed by atoms with Gasteiger partial charge >= 0.3 is 0 Å². The molecule has 1 amide bonds. The molecule has 2 aromatic carbocycles. The number of amides is 1. The molecule has 3 aromatic rings. The topological polar surface area (TPSA) is 48.5 Å². The second-order valence-corrected chi connectivity index (χ2v) is 8.69. The molecule has 0 atom stereocenters. The van der Waals surface area contributed by atoms with Crippen molar-refractivity contribution in [3.63, 3.8) is 0 Å². The molecule has 4 rings (SSSR count). The van der Waals surface area contributed by atoms with E-state index in [9.17, 15) is 4.79 Å². The molecule has 152 valence electrons. The molecule has 0 aliphatic carbocycles. The maximum atomic E-state index is 12.2. The van der Waals surface area contributed by atoms with Crippen molar-refractivity contribution in [3.05, 3.63) is 58.6 Å². The zero-order valence-corrected chi connectivity index (χ0v) is 18.1. The first-order valence-electron chi connectivity index (χ1n) is 10.0. The highest BCUT2D eigenvalue weighted by atomic mass is 35.5. The predicted octanol–water partition coefficient (Wildman–Crippen LogP) is 4.06. The highest BCUT2D eigenvalue weighted by Gasteiger charge is 2.20. The van der Waals surface area contributed by atoms with Gasteiger partial charge in [0.2, 0.25) is 0 Å². The number of anilines is 1. The van der Waals surface area contributed by atoms with Crippen molar-refractivity contribution in [1.29, 1.82) is 0 Å². The van der Waals surface area contributed by atoms with Crippen molar-refractivity contribution in [2.24, 2.45) is 0 Å². The Bertz CT molecular complexity index is 997. The summed E-state index contributed by atoms with van der Waals surface area (Å²) < 4.78 is 1.27. The SMILES string of the molecule is CCc1ccc2nc(N3CCN(CCNC(=O)c4cccc(Cl)c4)CC3)sc2c1. The molecule has 2 heterocycles. The number of piperazine rings is 1. The Morgan fingerprint density at radius 3 is 2.76 bits per heavy atom. The Morgan fingerprint density at radius 1 is 1.17 bits per heavy atom. The molecule has 1 saturated heterocycles. The second kappa shape index (κ2) is 9.11. The van der Waals surface area contributed by atoms with Gasteiger partial charge in [0.1, 0.15) is 0 Å².